The SMILES string of the molecule is CC(=O)OC1CC(n2cnc3c(N(C(=O)c4ccccc4)C(=O)c4ccccc4)ncnc32)OC1CO. The van der Waals surface area contributed by atoms with E-state index in [1.54, 1.807) is 65.2 Å². The van der Waals surface area contributed by atoms with Crippen molar-refractivity contribution in [3.8, 4) is 0 Å². The van der Waals surface area contributed by atoms with Gasteiger partial charge in [-0.05, 0) is 24.3 Å². The molecular formula is C26H23N5O6. The van der Waals surface area contributed by atoms with E-state index in [4.69, 9.17) is 9.47 Å². The number of carbonyl (C=O) groups excluding carboxylic acids is 3. The second-order valence-electron chi connectivity index (χ2n) is 8.39. The molecule has 11 nitrogen and oxygen atoms in total. The zero-order valence-corrected chi connectivity index (χ0v) is 19.8. The Hall–Kier alpha value is -4.48. The highest BCUT2D eigenvalue weighted by molar-refractivity contribution is 6.27. The maximum Gasteiger partial charge on any atom is 0.302 e. The molecule has 2 aromatic heterocycles. The Morgan fingerprint density at radius 1 is 1.00 bits per heavy atom. The van der Waals surface area contributed by atoms with Gasteiger partial charge in [0.05, 0.1) is 12.9 Å². The van der Waals surface area contributed by atoms with Gasteiger partial charge in [0.25, 0.3) is 11.8 Å². The summed E-state index contributed by atoms with van der Waals surface area (Å²) in [5, 5.41) is 9.68. The van der Waals surface area contributed by atoms with Crippen molar-refractivity contribution in [1.29, 1.82) is 0 Å². The zero-order chi connectivity index (χ0) is 25.9. The number of benzene rings is 2. The highest BCUT2D eigenvalue weighted by Gasteiger charge is 2.39. The molecule has 2 amide bonds. The van der Waals surface area contributed by atoms with Crippen molar-refractivity contribution < 1.29 is 29.0 Å². The highest BCUT2D eigenvalue weighted by Crippen LogP contribution is 2.34. The Labute approximate surface area is 211 Å². The molecule has 1 saturated heterocycles. The standard InChI is InChI=1S/C26H23N5O6/c1-16(33)36-19-12-21(37-20(19)13-32)30-15-29-22-23(30)27-14-28-24(22)31(25(34)17-8-4-2-5-9-17)26(35)18-10-6-3-7-11-18/h2-11,14-15,19-21,32H,12-13H2,1H3. The van der Waals surface area contributed by atoms with Crippen molar-refractivity contribution in [3.05, 3.63) is 84.4 Å². The summed E-state index contributed by atoms with van der Waals surface area (Å²) in [6.45, 7) is 0.947. The molecule has 0 aliphatic carbocycles. The Bertz CT molecular complexity index is 1390. The van der Waals surface area contributed by atoms with Gasteiger partial charge >= 0.3 is 5.97 Å². The Balaban J connectivity index is 1.57. The fourth-order valence-electron chi connectivity index (χ4n) is 4.29. The van der Waals surface area contributed by atoms with Gasteiger partial charge in [-0.15, -0.1) is 0 Å². The molecule has 2 aromatic carbocycles. The van der Waals surface area contributed by atoms with Gasteiger partial charge in [0.15, 0.2) is 17.0 Å². The van der Waals surface area contributed by atoms with E-state index in [0.717, 1.165) is 4.90 Å². The first-order valence-electron chi connectivity index (χ1n) is 11.6. The van der Waals surface area contributed by atoms with Crippen molar-refractivity contribution in [2.75, 3.05) is 11.5 Å². The molecular weight excluding hydrogens is 478 g/mol. The molecule has 37 heavy (non-hydrogen) atoms. The van der Waals surface area contributed by atoms with Gasteiger partial charge in [0.2, 0.25) is 0 Å². The van der Waals surface area contributed by atoms with Gasteiger partial charge in [-0.2, -0.15) is 0 Å². The Morgan fingerprint density at radius 2 is 1.62 bits per heavy atom. The number of anilines is 1. The third-order valence-electron chi connectivity index (χ3n) is 5.99. The number of amides is 2. The molecule has 1 aliphatic heterocycles. The first kappa shape index (κ1) is 24.2. The van der Waals surface area contributed by atoms with Gasteiger partial charge < -0.3 is 14.6 Å². The minimum atomic E-state index is -0.719. The van der Waals surface area contributed by atoms with E-state index >= 15 is 0 Å². The summed E-state index contributed by atoms with van der Waals surface area (Å²) in [4.78, 5) is 52.7. The van der Waals surface area contributed by atoms with Crippen LogP contribution >= 0.6 is 0 Å². The van der Waals surface area contributed by atoms with Crippen LogP contribution in [0.5, 0.6) is 0 Å². The van der Waals surface area contributed by atoms with E-state index in [1.807, 2.05) is 0 Å². The number of imide groups is 1. The molecule has 0 spiro atoms. The summed E-state index contributed by atoms with van der Waals surface area (Å²) in [5.41, 5.74) is 1.11. The minimum Gasteiger partial charge on any atom is -0.460 e. The highest BCUT2D eigenvalue weighted by atomic mass is 16.6. The number of hydrogen-bond donors (Lipinski definition) is 1. The van der Waals surface area contributed by atoms with E-state index < -0.39 is 36.2 Å². The Kier molecular flexibility index (Phi) is 6.71. The van der Waals surface area contributed by atoms with Crippen LogP contribution in [0.2, 0.25) is 0 Å². The summed E-state index contributed by atoms with van der Waals surface area (Å²) in [6.07, 6.45) is 0.922. The molecule has 1 fully saturated rings. The third-order valence-corrected chi connectivity index (χ3v) is 5.99. The molecule has 3 atom stereocenters. The van der Waals surface area contributed by atoms with Gasteiger partial charge in [-0.1, -0.05) is 36.4 Å². The molecule has 4 aromatic rings. The molecule has 0 radical (unpaired) electrons. The predicted octanol–water partition coefficient (Wildman–Crippen LogP) is 2.53. The topological polar surface area (TPSA) is 137 Å². The summed E-state index contributed by atoms with van der Waals surface area (Å²) in [6, 6.07) is 16.8. The van der Waals surface area contributed by atoms with Crippen molar-refractivity contribution in [2.45, 2.75) is 31.8 Å². The summed E-state index contributed by atoms with van der Waals surface area (Å²) < 4.78 is 12.8. The molecule has 0 saturated carbocycles. The number of aliphatic hydroxyl groups is 1. The molecule has 0 bridgehead atoms. The number of esters is 1. The number of aliphatic hydroxyl groups excluding tert-OH is 1. The first-order valence-corrected chi connectivity index (χ1v) is 11.6. The Morgan fingerprint density at radius 3 is 2.19 bits per heavy atom. The van der Waals surface area contributed by atoms with E-state index in [1.165, 1.54) is 19.6 Å². The van der Waals surface area contributed by atoms with Crippen molar-refractivity contribution in [2.24, 2.45) is 0 Å². The quantitative estimate of drug-likeness (QED) is 0.312. The number of hydrogen-bond acceptors (Lipinski definition) is 9. The van der Waals surface area contributed by atoms with Crippen LogP contribution in [0, 0.1) is 0 Å². The van der Waals surface area contributed by atoms with Gasteiger partial charge in [-0.3, -0.25) is 19.0 Å². The lowest BCUT2D eigenvalue weighted by atomic mass is 10.1. The second-order valence-corrected chi connectivity index (χ2v) is 8.39. The van der Waals surface area contributed by atoms with Crippen LogP contribution in [-0.4, -0.2) is 61.2 Å². The maximum absolute atomic E-state index is 13.6. The molecule has 1 N–H and O–H groups in total. The smallest absolute Gasteiger partial charge is 0.302 e. The minimum absolute atomic E-state index is 0.0136. The van der Waals surface area contributed by atoms with Crippen molar-refractivity contribution in [3.63, 3.8) is 0 Å². The van der Waals surface area contributed by atoms with Gasteiger partial charge in [0, 0.05) is 24.5 Å². The largest absolute Gasteiger partial charge is 0.460 e. The van der Waals surface area contributed by atoms with E-state index in [0.29, 0.717) is 16.8 Å². The zero-order valence-electron chi connectivity index (χ0n) is 19.8. The molecule has 3 heterocycles. The number of carbonyl (C=O) groups is 3. The molecule has 1 aliphatic rings. The molecule has 5 rings (SSSR count). The van der Waals surface area contributed by atoms with Crippen molar-refractivity contribution >= 4 is 34.8 Å². The van der Waals surface area contributed by atoms with Gasteiger partial charge in [-0.25, -0.2) is 19.9 Å². The number of fused-ring (bicyclic) bond motifs is 1. The average molecular weight is 501 g/mol. The lowest BCUT2D eigenvalue weighted by Crippen LogP contribution is -2.38. The normalized spacial score (nSPS) is 19.0. The van der Waals surface area contributed by atoms with Crippen LogP contribution in [0.15, 0.2) is 73.3 Å². The van der Waals surface area contributed by atoms with Gasteiger partial charge in [0.1, 0.15) is 24.8 Å². The van der Waals surface area contributed by atoms with E-state index in [-0.39, 0.29) is 24.4 Å². The van der Waals surface area contributed by atoms with Crippen LogP contribution in [0.25, 0.3) is 11.2 Å². The van der Waals surface area contributed by atoms with Crippen LogP contribution in [0.1, 0.15) is 40.3 Å². The number of ether oxygens (including phenoxy) is 2. The fourth-order valence-corrected chi connectivity index (χ4v) is 4.29. The fraction of sp³-hybridized carbons (Fsp3) is 0.231. The maximum atomic E-state index is 13.6. The number of nitrogens with zero attached hydrogens (tertiary/aromatic N) is 5. The number of imidazole rings is 1. The van der Waals surface area contributed by atoms with Crippen LogP contribution < -0.4 is 4.90 Å². The average Bonchev–Trinajstić information content (AvgIpc) is 3.53. The number of rotatable bonds is 6. The van der Waals surface area contributed by atoms with Crippen LogP contribution in [-0.2, 0) is 14.3 Å². The third kappa shape index (κ3) is 4.69. The first-order chi connectivity index (χ1) is 18.0. The second kappa shape index (κ2) is 10.2. The number of aromatic nitrogens is 4. The lowest BCUT2D eigenvalue weighted by molar-refractivity contribution is -0.150. The molecule has 188 valence electrons. The summed E-state index contributed by atoms with van der Waals surface area (Å²) in [5.74, 6) is -1.62. The summed E-state index contributed by atoms with van der Waals surface area (Å²) >= 11 is 0. The predicted molar refractivity (Wildman–Crippen MR) is 131 cm³/mol. The van der Waals surface area contributed by atoms with Crippen LogP contribution in [0.3, 0.4) is 0 Å². The van der Waals surface area contributed by atoms with Crippen LogP contribution in [0.4, 0.5) is 5.82 Å². The molecule has 3 unspecified atom stereocenters. The lowest BCUT2D eigenvalue weighted by Gasteiger charge is -2.20. The molecule has 11 heteroatoms. The monoisotopic (exact) mass is 501 g/mol. The summed E-state index contributed by atoms with van der Waals surface area (Å²) in [7, 11) is 0. The van der Waals surface area contributed by atoms with E-state index in [2.05, 4.69) is 15.0 Å². The van der Waals surface area contributed by atoms with E-state index in [9.17, 15) is 19.5 Å². The van der Waals surface area contributed by atoms with Crippen molar-refractivity contribution in [1.82, 2.24) is 19.5 Å².